The van der Waals surface area contributed by atoms with Gasteiger partial charge in [0.25, 0.3) is 0 Å². The Balaban J connectivity index is 1.80. The van der Waals surface area contributed by atoms with E-state index in [1.165, 1.54) is 0 Å². The molecule has 2 heterocycles. The second-order valence-electron chi connectivity index (χ2n) is 9.11. The van der Waals surface area contributed by atoms with Crippen LogP contribution in [0.4, 0.5) is 0 Å². The molecule has 3 rings (SSSR count). The molecule has 0 bridgehead atoms. The summed E-state index contributed by atoms with van der Waals surface area (Å²) in [6.07, 6.45) is 1.58. The highest BCUT2D eigenvalue weighted by Gasteiger charge is 2.33. The monoisotopic (exact) mass is 462 g/mol. The lowest BCUT2D eigenvalue weighted by Gasteiger charge is -2.33. The molecule has 0 saturated heterocycles. The third-order valence-corrected chi connectivity index (χ3v) is 5.87. The first-order chi connectivity index (χ1) is 15.2. The fourth-order valence-corrected chi connectivity index (χ4v) is 3.61. The Hall–Kier alpha value is -2.67. The van der Waals surface area contributed by atoms with Crippen molar-refractivity contribution < 1.29 is 23.5 Å². The molecule has 2 aromatic rings. The number of ether oxygens (including phenoxy) is 2. The van der Waals surface area contributed by atoms with Crippen LogP contribution in [0.15, 0.2) is 41.0 Å². The van der Waals surface area contributed by atoms with Crippen molar-refractivity contribution in [1.82, 2.24) is 9.80 Å². The first-order valence-corrected chi connectivity index (χ1v) is 11.3. The van der Waals surface area contributed by atoms with Crippen LogP contribution >= 0.6 is 11.6 Å². The quantitative estimate of drug-likeness (QED) is 0.492. The zero-order valence-electron chi connectivity index (χ0n) is 19.1. The summed E-state index contributed by atoms with van der Waals surface area (Å²) in [7, 11) is 0. The molecule has 8 heteroatoms. The number of alkyl halides is 1. The first kappa shape index (κ1) is 24.0. The second-order valence-corrected chi connectivity index (χ2v) is 9.38. The van der Waals surface area contributed by atoms with Gasteiger partial charge in [-0.3, -0.25) is 9.59 Å². The molecule has 0 radical (unpaired) electrons. The molecule has 1 aromatic heterocycles. The number of benzene rings is 1. The van der Waals surface area contributed by atoms with Crippen LogP contribution in [0.3, 0.4) is 0 Å². The average molecular weight is 463 g/mol. The molecule has 0 saturated carbocycles. The van der Waals surface area contributed by atoms with E-state index < -0.39 is 5.41 Å². The summed E-state index contributed by atoms with van der Waals surface area (Å²) in [5.41, 5.74) is 0.150. The molecule has 32 heavy (non-hydrogen) atoms. The van der Waals surface area contributed by atoms with Crippen molar-refractivity contribution in [3.63, 3.8) is 0 Å². The predicted octanol–water partition coefficient (Wildman–Crippen LogP) is 4.29. The lowest BCUT2D eigenvalue weighted by atomic mass is 9.93. The Morgan fingerprint density at radius 3 is 2.50 bits per heavy atom. The van der Waals surface area contributed by atoms with Crippen molar-refractivity contribution in [2.45, 2.75) is 40.8 Å². The van der Waals surface area contributed by atoms with Crippen molar-refractivity contribution in [2.75, 3.05) is 25.8 Å². The lowest BCUT2D eigenvalue weighted by Crippen LogP contribution is -2.48. The van der Waals surface area contributed by atoms with Gasteiger partial charge in [0, 0.05) is 19.0 Å². The molecule has 1 aliphatic heterocycles. The number of carbonyl (C=O) groups is 2. The van der Waals surface area contributed by atoms with Crippen LogP contribution in [-0.2, 0) is 22.7 Å². The summed E-state index contributed by atoms with van der Waals surface area (Å²) < 4.78 is 16.3. The number of nitrogens with zero attached hydrogens (tertiary/aromatic N) is 2. The van der Waals surface area contributed by atoms with E-state index in [1.54, 1.807) is 36.0 Å². The summed E-state index contributed by atoms with van der Waals surface area (Å²) in [4.78, 5) is 29.8. The van der Waals surface area contributed by atoms with Crippen LogP contribution in [0.1, 0.15) is 39.0 Å². The largest absolute Gasteiger partial charge is 0.467 e. The topological polar surface area (TPSA) is 72.2 Å². The molecule has 0 fully saturated rings. The Kier molecular flexibility index (Phi) is 7.72. The van der Waals surface area contributed by atoms with E-state index in [0.29, 0.717) is 36.9 Å². The van der Waals surface area contributed by atoms with Gasteiger partial charge in [-0.25, -0.2) is 0 Å². The standard InChI is InChI=1S/C24H31ClN2O5/c1-17(2)11-27(23(29)24(3,4)15-25)14-22(28)26(13-19-6-5-9-30-19)12-18-7-8-20-21(10-18)32-16-31-20/h5-10,17H,11-16H2,1-4H3. The first-order valence-electron chi connectivity index (χ1n) is 10.7. The van der Waals surface area contributed by atoms with Gasteiger partial charge in [-0.1, -0.05) is 19.9 Å². The molecule has 174 valence electrons. The van der Waals surface area contributed by atoms with Crippen LogP contribution in [0.2, 0.25) is 0 Å². The summed E-state index contributed by atoms with van der Waals surface area (Å²) in [5.74, 6) is 2.12. The highest BCUT2D eigenvalue weighted by molar-refractivity contribution is 6.19. The van der Waals surface area contributed by atoms with E-state index in [0.717, 1.165) is 5.56 Å². The predicted molar refractivity (Wildman–Crippen MR) is 121 cm³/mol. The molecule has 0 atom stereocenters. The zero-order chi connectivity index (χ0) is 23.3. The average Bonchev–Trinajstić information content (AvgIpc) is 3.43. The van der Waals surface area contributed by atoms with Crippen LogP contribution in [-0.4, -0.2) is 47.4 Å². The van der Waals surface area contributed by atoms with Gasteiger partial charge in [-0.15, -0.1) is 11.6 Å². The number of rotatable bonds is 10. The molecule has 0 spiro atoms. The Morgan fingerprint density at radius 1 is 1.09 bits per heavy atom. The number of carbonyl (C=O) groups excluding carboxylic acids is 2. The van der Waals surface area contributed by atoms with Crippen molar-refractivity contribution in [2.24, 2.45) is 11.3 Å². The fourth-order valence-electron chi connectivity index (χ4n) is 3.49. The van der Waals surface area contributed by atoms with Crippen molar-refractivity contribution in [1.29, 1.82) is 0 Å². The van der Waals surface area contributed by atoms with Crippen LogP contribution in [0.25, 0.3) is 0 Å². The molecule has 2 amide bonds. The smallest absolute Gasteiger partial charge is 0.242 e. The van der Waals surface area contributed by atoms with Gasteiger partial charge >= 0.3 is 0 Å². The molecule has 0 N–H and O–H groups in total. The fraction of sp³-hybridized carbons (Fsp3) is 0.500. The normalized spacial score (nSPS) is 12.8. The van der Waals surface area contributed by atoms with Crippen LogP contribution in [0, 0.1) is 11.3 Å². The van der Waals surface area contributed by atoms with Gasteiger partial charge in [0.2, 0.25) is 18.6 Å². The minimum atomic E-state index is -0.750. The Labute approximate surface area is 194 Å². The van der Waals surface area contributed by atoms with Crippen molar-refractivity contribution in [3.8, 4) is 11.5 Å². The van der Waals surface area contributed by atoms with Crippen molar-refractivity contribution >= 4 is 23.4 Å². The maximum Gasteiger partial charge on any atom is 0.242 e. The van der Waals surface area contributed by atoms with E-state index in [1.807, 2.05) is 38.1 Å². The molecule has 0 unspecified atom stereocenters. The van der Waals surface area contributed by atoms with Crippen molar-refractivity contribution in [3.05, 3.63) is 47.9 Å². The molecular weight excluding hydrogens is 432 g/mol. The minimum absolute atomic E-state index is 0.0252. The summed E-state index contributed by atoms with van der Waals surface area (Å²) >= 11 is 6.04. The Morgan fingerprint density at radius 2 is 1.84 bits per heavy atom. The van der Waals surface area contributed by atoms with Gasteiger partial charge in [0.15, 0.2) is 11.5 Å². The zero-order valence-corrected chi connectivity index (χ0v) is 19.9. The molecule has 1 aromatic carbocycles. The van der Waals surface area contributed by atoms with E-state index in [4.69, 9.17) is 25.5 Å². The highest BCUT2D eigenvalue weighted by Crippen LogP contribution is 2.33. The second kappa shape index (κ2) is 10.3. The van der Waals surface area contributed by atoms with Gasteiger partial charge in [0.1, 0.15) is 5.76 Å². The molecule has 7 nitrogen and oxygen atoms in total. The highest BCUT2D eigenvalue weighted by atomic mass is 35.5. The van der Waals surface area contributed by atoms with E-state index in [9.17, 15) is 9.59 Å². The maximum absolute atomic E-state index is 13.4. The molecule has 1 aliphatic rings. The van der Waals surface area contributed by atoms with Gasteiger partial charge in [0.05, 0.1) is 24.8 Å². The number of hydrogen-bond donors (Lipinski definition) is 0. The molecular formula is C24H31ClN2O5. The molecule has 0 aliphatic carbocycles. The lowest BCUT2D eigenvalue weighted by molar-refractivity contribution is -0.146. The number of halogens is 1. The SMILES string of the molecule is CC(C)CN(CC(=O)N(Cc1ccc2c(c1)OCO2)Cc1ccco1)C(=O)C(C)(C)CCl. The number of furan rings is 1. The van der Waals surface area contributed by atoms with Gasteiger partial charge in [-0.05, 0) is 49.6 Å². The van der Waals surface area contributed by atoms with Gasteiger partial charge in [-0.2, -0.15) is 0 Å². The summed E-state index contributed by atoms with van der Waals surface area (Å²) in [6, 6.07) is 9.23. The van der Waals surface area contributed by atoms with E-state index in [-0.39, 0.29) is 36.9 Å². The third kappa shape index (κ3) is 5.97. The number of hydrogen-bond acceptors (Lipinski definition) is 5. The van der Waals surface area contributed by atoms with Crippen LogP contribution < -0.4 is 9.47 Å². The van der Waals surface area contributed by atoms with E-state index in [2.05, 4.69) is 0 Å². The third-order valence-electron chi connectivity index (χ3n) is 5.20. The van der Waals surface area contributed by atoms with Crippen LogP contribution in [0.5, 0.6) is 11.5 Å². The number of amides is 2. The Bertz CT molecular complexity index is 926. The van der Waals surface area contributed by atoms with Gasteiger partial charge < -0.3 is 23.7 Å². The van der Waals surface area contributed by atoms with E-state index >= 15 is 0 Å². The minimum Gasteiger partial charge on any atom is -0.467 e. The summed E-state index contributed by atoms with van der Waals surface area (Å²) in [5, 5.41) is 0. The maximum atomic E-state index is 13.4. The number of fused-ring (bicyclic) bond motifs is 1. The summed E-state index contributed by atoms with van der Waals surface area (Å²) in [6.45, 7) is 8.92.